The third-order valence-electron chi connectivity index (χ3n) is 1.76. The molecule has 1 aliphatic heterocycles. The van der Waals surface area contributed by atoms with Gasteiger partial charge >= 0.3 is 0 Å². The normalized spacial score (nSPS) is 24.0. The number of ether oxygens (including phenoxy) is 1. The highest BCUT2D eigenvalue weighted by Gasteiger charge is 2.08. The van der Waals surface area contributed by atoms with Crippen LogP contribution in [0.1, 0.15) is 6.42 Å². The SMILES string of the molecule is C[SH](C)N1CCCOCC1. The van der Waals surface area contributed by atoms with Gasteiger partial charge in [0.15, 0.2) is 0 Å². The second kappa shape index (κ2) is 4.21. The molecule has 0 unspecified atom stereocenters. The lowest BCUT2D eigenvalue weighted by atomic mass is 10.5. The summed E-state index contributed by atoms with van der Waals surface area (Å²) in [5.41, 5.74) is 0. The molecule has 0 spiro atoms. The third-order valence-corrected chi connectivity index (χ3v) is 3.30. The maximum atomic E-state index is 5.34. The smallest absolute Gasteiger partial charge is 0.0602 e. The molecule has 0 amide bonds. The highest BCUT2D eigenvalue weighted by atomic mass is 32.2. The minimum Gasteiger partial charge on any atom is -0.380 e. The van der Waals surface area contributed by atoms with E-state index in [2.05, 4.69) is 16.8 Å². The highest BCUT2D eigenvalue weighted by molar-refractivity contribution is 8.13. The molecule has 62 valence electrons. The summed E-state index contributed by atoms with van der Waals surface area (Å²) in [5.74, 6) is 0. The number of nitrogens with zero attached hydrogens (tertiary/aromatic N) is 1. The van der Waals surface area contributed by atoms with E-state index in [0.29, 0.717) is 0 Å². The molecular weight excluding hydrogens is 146 g/mol. The standard InChI is InChI=1S/C7H17NOS/c1-10(2)8-4-3-6-9-7-5-8/h10H,3-7H2,1-2H3. The van der Waals surface area contributed by atoms with E-state index in [-0.39, 0.29) is 11.1 Å². The van der Waals surface area contributed by atoms with Gasteiger partial charge in [0.2, 0.25) is 0 Å². The van der Waals surface area contributed by atoms with E-state index < -0.39 is 0 Å². The molecule has 1 heterocycles. The molecule has 0 bridgehead atoms. The molecule has 0 aliphatic carbocycles. The Morgan fingerprint density at radius 3 is 2.70 bits per heavy atom. The Kier molecular flexibility index (Phi) is 3.52. The predicted octanol–water partition coefficient (Wildman–Crippen LogP) is 0.885. The van der Waals surface area contributed by atoms with Crippen LogP contribution in [0.4, 0.5) is 0 Å². The molecule has 1 aliphatic rings. The number of rotatable bonds is 1. The van der Waals surface area contributed by atoms with Gasteiger partial charge in [-0.2, -0.15) is 0 Å². The molecular formula is C7H17NOS. The molecule has 0 aromatic heterocycles. The van der Waals surface area contributed by atoms with Gasteiger partial charge in [-0.25, -0.2) is 11.1 Å². The summed E-state index contributed by atoms with van der Waals surface area (Å²) in [7, 11) is 0. The van der Waals surface area contributed by atoms with Crippen molar-refractivity contribution in [3.8, 4) is 0 Å². The fraction of sp³-hybridized carbons (Fsp3) is 1.00. The van der Waals surface area contributed by atoms with Crippen LogP contribution in [0.25, 0.3) is 0 Å². The van der Waals surface area contributed by atoms with Crippen LogP contribution in [0.2, 0.25) is 0 Å². The fourth-order valence-corrected chi connectivity index (χ4v) is 2.16. The van der Waals surface area contributed by atoms with E-state index >= 15 is 0 Å². The van der Waals surface area contributed by atoms with Crippen molar-refractivity contribution in [3.63, 3.8) is 0 Å². The molecule has 3 heteroatoms. The lowest BCUT2D eigenvalue weighted by molar-refractivity contribution is 0.148. The Labute approximate surface area is 66.0 Å². The number of hydrogen-bond acceptors (Lipinski definition) is 2. The van der Waals surface area contributed by atoms with E-state index in [4.69, 9.17) is 4.74 Å². The van der Waals surface area contributed by atoms with Crippen LogP contribution in [0, 0.1) is 0 Å². The number of thiol groups is 1. The van der Waals surface area contributed by atoms with Crippen LogP contribution < -0.4 is 0 Å². The lowest BCUT2D eigenvalue weighted by Gasteiger charge is -2.26. The Morgan fingerprint density at radius 2 is 2.00 bits per heavy atom. The van der Waals surface area contributed by atoms with Crippen LogP contribution in [-0.4, -0.2) is 43.1 Å². The predicted molar refractivity (Wildman–Crippen MR) is 47.8 cm³/mol. The van der Waals surface area contributed by atoms with Gasteiger partial charge in [-0.15, -0.1) is 0 Å². The highest BCUT2D eigenvalue weighted by Crippen LogP contribution is 2.21. The zero-order chi connectivity index (χ0) is 7.40. The van der Waals surface area contributed by atoms with E-state index in [9.17, 15) is 0 Å². The van der Waals surface area contributed by atoms with Crippen molar-refractivity contribution in [2.24, 2.45) is 0 Å². The monoisotopic (exact) mass is 163 g/mol. The summed E-state index contributed by atoms with van der Waals surface area (Å²) in [6.07, 6.45) is 5.82. The van der Waals surface area contributed by atoms with Crippen LogP contribution in [0.3, 0.4) is 0 Å². The van der Waals surface area contributed by atoms with E-state index in [1.165, 1.54) is 13.0 Å². The van der Waals surface area contributed by atoms with Crippen molar-refractivity contribution in [1.82, 2.24) is 4.31 Å². The molecule has 2 nitrogen and oxygen atoms in total. The van der Waals surface area contributed by atoms with Crippen molar-refractivity contribution >= 4 is 11.1 Å². The molecule has 0 atom stereocenters. The van der Waals surface area contributed by atoms with Gasteiger partial charge in [0.25, 0.3) is 0 Å². The maximum absolute atomic E-state index is 5.34. The largest absolute Gasteiger partial charge is 0.380 e. The van der Waals surface area contributed by atoms with Crippen molar-refractivity contribution in [3.05, 3.63) is 0 Å². The first-order valence-corrected chi connectivity index (χ1v) is 5.99. The second-order valence-electron chi connectivity index (χ2n) is 2.77. The average molecular weight is 163 g/mol. The molecule has 10 heavy (non-hydrogen) atoms. The quantitative estimate of drug-likeness (QED) is 0.576. The minimum absolute atomic E-state index is 0.118. The molecule has 1 saturated heterocycles. The molecule has 0 aromatic rings. The van der Waals surface area contributed by atoms with Gasteiger partial charge in [0, 0.05) is 19.7 Å². The summed E-state index contributed by atoms with van der Waals surface area (Å²) in [6.45, 7) is 4.26. The first-order valence-electron chi connectivity index (χ1n) is 3.80. The van der Waals surface area contributed by atoms with Crippen LogP contribution in [0.5, 0.6) is 0 Å². The van der Waals surface area contributed by atoms with Crippen molar-refractivity contribution in [2.75, 3.05) is 38.8 Å². The summed E-state index contributed by atoms with van der Waals surface area (Å²) >= 11 is 0.118. The van der Waals surface area contributed by atoms with E-state index in [0.717, 1.165) is 19.8 Å². The van der Waals surface area contributed by atoms with Gasteiger partial charge in [0.1, 0.15) is 0 Å². The molecule has 0 radical (unpaired) electrons. The van der Waals surface area contributed by atoms with E-state index in [1.54, 1.807) is 0 Å². The first kappa shape index (κ1) is 8.37. The second-order valence-corrected chi connectivity index (χ2v) is 5.03. The maximum Gasteiger partial charge on any atom is 0.0602 e. The van der Waals surface area contributed by atoms with Crippen molar-refractivity contribution < 1.29 is 4.74 Å². The van der Waals surface area contributed by atoms with Gasteiger partial charge in [0.05, 0.1) is 6.61 Å². The molecule has 0 N–H and O–H groups in total. The zero-order valence-corrected chi connectivity index (χ0v) is 7.73. The zero-order valence-electron chi connectivity index (χ0n) is 6.84. The Hall–Kier alpha value is 0.270. The third kappa shape index (κ3) is 2.48. The minimum atomic E-state index is 0.118. The lowest BCUT2D eigenvalue weighted by Crippen LogP contribution is -2.22. The van der Waals surface area contributed by atoms with Crippen LogP contribution >= 0.6 is 11.1 Å². The number of hydrogen-bond donors (Lipinski definition) is 1. The van der Waals surface area contributed by atoms with Crippen LogP contribution in [0.15, 0.2) is 0 Å². The Balaban J connectivity index is 2.28. The molecule has 1 rings (SSSR count). The summed E-state index contributed by atoms with van der Waals surface area (Å²) in [4.78, 5) is 0. The first-order chi connectivity index (χ1) is 4.80. The van der Waals surface area contributed by atoms with Gasteiger partial charge in [-0.3, -0.25) is 4.31 Å². The van der Waals surface area contributed by atoms with Gasteiger partial charge in [-0.1, -0.05) is 0 Å². The topological polar surface area (TPSA) is 12.5 Å². The molecule has 1 fully saturated rings. The van der Waals surface area contributed by atoms with Gasteiger partial charge in [-0.05, 0) is 18.9 Å². The Morgan fingerprint density at radius 1 is 1.20 bits per heavy atom. The Bertz CT molecular complexity index is 89.6. The van der Waals surface area contributed by atoms with Gasteiger partial charge < -0.3 is 4.74 Å². The van der Waals surface area contributed by atoms with E-state index in [1.807, 2.05) is 0 Å². The summed E-state index contributed by atoms with van der Waals surface area (Å²) in [5, 5.41) is 0. The molecule has 0 aromatic carbocycles. The van der Waals surface area contributed by atoms with Crippen LogP contribution in [-0.2, 0) is 4.74 Å². The fourth-order valence-electron chi connectivity index (χ4n) is 1.13. The van der Waals surface area contributed by atoms with Crippen molar-refractivity contribution in [1.29, 1.82) is 0 Å². The molecule has 0 saturated carbocycles. The summed E-state index contributed by atoms with van der Waals surface area (Å²) in [6, 6.07) is 0. The van der Waals surface area contributed by atoms with Crippen molar-refractivity contribution in [2.45, 2.75) is 6.42 Å². The average Bonchev–Trinajstić information content (AvgIpc) is 2.12. The summed E-state index contributed by atoms with van der Waals surface area (Å²) < 4.78 is 7.87.